The lowest BCUT2D eigenvalue weighted by molar-refractivity contribution is 0.0503. The first-order valence-electron chi connectivity index (χ1n) is 8.03. The summed E-state index contributed by atoms with van der Waals surface area (Å²) in [6.07, 6.45) is 5.89. The third-order valence-corrected chi connectivity index (χ3v) is 3.62. The summed E-state index contributed by atoms with van der Waals surface area (Å²) in [7, 11) is 3.95. The number of nitrogens with one attached hydrogen (secondary N) is 1. The van der Waals surface area contributed by atoms with Gasteiger partial charge in [0.15, 0.2) is 0 Å². The number of allylic oxidation sites excluding steroid dienone is 2. The summed E-state index contributed by atoms with van der Waals surface area (Å²) >= 11 is 0. The Hall–Kier alpha value is -2.97. The highest BCUT2D eigenvalue weighted by Crippen LogP contribution is 2.22. The molecule has 2 rings (SSSR count). The molecule has 1 atom stereocenters. The smallest absolute Gasteiger partial charge is 0.356 e. The lowest BCUT2D eigenvalue weighted by Crippen LogP contribution is -2.36. The van der Waals surface area contributed by atoms with Gasteiger partial charge in [-0.25, -0.2) is 4.79 Å². The van der Waals surface area contributed by atoms with E-state index in [0.29, 0.717) is 22.9 Å². The van der Waals surface area contributed by atoms with Crippen LogP contribution in [0.15, 0.2) is 47.0 Å². The summed E-state index contributed by atoms with van der Waals surface area (Å²) < 4.78 is 5.71. The predicted octanol–water partition coefficient (Wildman–Crippen LogP) is 2.18. The molecule has 3 N–H and O–H groups in total. The van der Waals surface area contributed by atoms with Crippen LogP contribution in [0.5, 0.6) is 0 Å². The van der Waals surface area contributed by atoms with Gasteiger partial charge < -0.3 is 14.6 Å². The van der Waals surface area contributed by atoms with Crippen LogP contribution in [0.3, 0.4) is 0 Å². The van der Waals surface area contributed by atoms with Crippen molar-refractivity contribution >= 4 is 11.5 Å². The van der Waals surface area contributed by atoms with E-state index in [1.54, 1.807) is 24.3 Å². The number of carbonyl (C=O) groups excluding carboxylic acids is 1. The van der Waals surface area contributed by atoms with Crippen LogP contribution < -0.4 is 11.2 Å². The molecule has 1 aromatic carbocycles. The summed E-state index contributed by atoms with van der Waals surface area (Å²) in [6, 6.07) is 6.62. The van der Waals surface area contributed by atoms with Crippen molar-refractivity contribution in [2.75, 3.05) is 14.1 Å². The van der Waals surface area contributed by atoms with Crippen LogP contribution >= 0.6 is 0 Å². The van der Waals surface area contributed by atoms with E-state index >= 15 is 0 Å². The van der Waals surface area contributed by atoms with Crippen LogP contribution in [0.1, 0.15) is 30.1 Å². The van der Waals surface area contributed by atoms with Crippen molar-refractivity contribution in [2.24, 2.45) is 5.90 Å². The molecule has 0 aliphatic carbocycles. The Labute approximate surface area is 152 Å². The standard InChI is InChI=1S/C18H23N5O3/c1-5-7-15(23(3)4)20-11-12(2)16-21-22-17(25-16)13-8-6-9-14(10-13)18(24)26-19/h5-11,15,20H,19H2,1-4H3/b7-5-,12-11+. The number of nitrogens with two attached hydrogens (primary N) is 1. The van der Waals surface area contributed by atoms with E-state index < -0.39 is 5.97 Å². The number of rotatable bonds is 7. The van der Waals surface area contributed by atoms with Crippen LogP contribution in [-0.4, -0.2) is 41.3 Å². The van der Waals surface area contributed by atoms with Crippen LogP contribution in [0.4, 0.5) is 0 Å². The average Bonchev–Trinajstić information content (AvgIpc) is 3.14. The maximum absolute atomic E-state index is 11.5. The highest BCUT2D eigenvalue weighted by atomic mass is 16.7. The highest BCUT2D eigenvalue weighted by Gasteiger charge is 2.13. The second-order valence-corrected chi connectivity index (χ2v) is 5.83. The first-order valence-corrected chi connectivity index (χ1v) is 8.03. The first-order chi connectivity index (χ1) is 12.5. The summed E-state index contributed by atoms with van der Waals surface area (Å²) in [5.74, 6) is 4.97. The molecule has 8 nitrogen and oxygen atoms in total. The predicted molar refractivity (Wildman–Crippen MR) is 98.4 cm³/mol. The number of hydrogen-bond donors (Lipinski definition) is 2. The van der Waals surface area contributed by atoms with Crippen molar-refractivity contribution in [3.8, 4) is 11.5 Å². The van der Waals surface area contributed by atoms with E-state index in [-0.39, 0.29) is 6.17 Å². The first kappa shape index (κ1) is 19.4. The minimum absolute atomic E-state index is 0.0521. The average molecular weight is 357 g/mol. The van der Waals surface area contributed by atoms with Crippen molar-refractivity contribution in [2.45, 2.75) is 20.0 Å². The Morgan fingerprint density at radius 3 is 2.81 bits per heavy atom. The number of benzene rings is 1. The molecule has 0 aliphatic rings. The Bertz CT molecular complexity index is 811. The molecule has 8 heteroatoms. The SMILES string of the molecule is C/C=C\C(N/C=C(\C)c1nnc(-c2cccc(C(=O)ON)c2)o1)N(C)C. The van der Waals surface area contributed by atoms with Gasteiger partial charge in [-0.15, -0.1) is 10.2 Å². The number of nitrogens with zero attached hydrogens (tertiary/aromatic N) is 3. The second kappa shape index (κ2) is 8.93. The molecular formula is C18H23N5O3. The van der Waals surface area contributed by atoms with Gasteiger partial charge in [0.1, 0.15) is 0 Å². The largest absolute Gasteiger partial charge is 0.416 e. The molecule has 0 aliphatic heterocycles. The highest BCUT2D eigenvalue weighted by molar-refractivity contribution is 5.90. The minimum atomic E-state index is -0.634. The molecule has 1 aromatic heterocycles. The van der Waals surface area contributed by atoms with Gasteiger partial charge in [0.25, 0.3) is 0 Å². The molecule has 0 spiro atoms. The van der Waals surface area contributed by atoms with Gasteiger partial charge in [-0.3, -0.25) is 4.90 Å². The second-order valence-electron chi connectivity index (χ2n) is 5.83. The fourth-order valence-electron chi connectivity index (χ4n) is 2.18. The van der Waals surface area contributed by atoms with Crippen LogP contribution in [-0.2, 0) is 4.84 Å². The van der Waals surface area contributed by atoms with E-state index in [0.717, 1.165) is 5.57 Å². The topological polar surface area (TPSA) is 107 Å². The number of likely N-dealkylation sites (N-methyl/N-ethyl adjacent to an activating group) is 1. The molecule has 0 saturated carbocycles. The summed E-state index contributed by atoms with van der Waals surface area (Å²) in [4.78, 5) is 17.8. The summed E-state index contributed by atoms with van der Waals surface area (Å²) in [5.41, 5.74) is 1.70. The summed E-state index contributed by atoms with van der Waals surface area (Å²) in [6.45, 7) is 3.84. The fourth-order valence-corrected chi connectivity index (χ4v) is 2.18. The molecule has 0 fully saturated rings. The van der Waals surface area contributed by atoms with Crippen LogP contribution in [0, 0.1) is 0 Å². The van der Waals surface area contributed by atoms with E-state index in [4.69, 9.17) is 10.3 Å². The van der Waals surface area contributed by atoms with Crippen molar-refractivity contribution in [1.82, 2.24) is 20.4 Å². The third kappa shape index (κ3) is 4.78. The molecule has 1 unspecified atom stereocenters. The van der Waals surface area contributed by atoms with Crippen molar-refractivity contribution in [3.63, 3.8) is 0 Å². The van der Waals surface area contributed by atoms with Crippen molar-refractivity contribution < 1.29 is 14.0 Å². The molecule has 1 heterocycles. The van der Waals surface area contributed by atoms with Gasteiger partial charge in [-0.2, -0.15) is 5.90 Å². The number of aromatic nitrogens is 2. The van der Waals surface area contributed by atoms with Gasteiger partial charge in [0.2, 0.25) is 11.8 Å². The van der Waals surface area contributed by atoms with E-state index in [9.17, 15) is 4.79 Å². The zero-order chi connectivity index (χ0) is 19.1. The zero-order valence-electron chi connectivity index (χ0n) is 15.3. The Morgan fingerprint density at radius 2 is 2.15 bits per heavy atom. The Balaban J connectivity index is 2.18. The van der Waals surface area contributed by atoms with E-state index in [1.807, 2.05) is 51.2 Å². The Morgan fingerprint density at radius 1 is 1.38 bits per heavy atom. The number of hydrogen-bond acceptors (Lipinski definition) is 8. The van der Waals surface area contributed by atoms with E-state index in [1.165, 1.54) is 0 Å². The molecular weight excluding hydrogens is 334 g/mol. The minimum Gasteiger partial charge on any atom is -0.416 e. The zero-order valence-corrected chi connectivity index (χ0v) is 15.3. The fraction of sp³-hybridized carbons (Fsp3) is 0.278. The molecule has 0 amide bonds. The molecule has 0 radical (unpaired) electrons. The van der Waals surface area contributed by atoms with Crippen LogP contribution in [0.25, 0.3) is 17.0 Å². The van der Waals surface area contributed by atoms with E-state index in [2.05, 4.69) is 20.4 Å². The molecule has 138 valence electrons. The maximum atomic E-state index is 11.5. The molecule has 0 bridgehead atoms. The monoisotopic (exact) mass is 357 g/mol. The lowest BCUT2D eigenvalue weighted by Gasteiger charge is -2.21. The molecule has 2 aromatic rings. The maximum Gasteiger partial charge on any atom is 0.356 e. The molecule has 0 saturated heterocycles. The van der Waals surface area contributed by atoms with Gasteiger partial charge in [0, 0.05) is 17.3 Å². The van der Waals surface area contributed by atoms with Gasteiger partial charge in [0.05, 0.1) is 11.7 Å². The third-order valence-electron chi connectivity index (χ3n) is 3.62. The quantitative estimate of drug-likeness (QED) is 0.441. The Kier molecular flexibility index (Phi) is 6.65. The van der Waals surface area contributed by atoms with Gasteiger partial charge in [-0.05, 0) is 46.1 Å². The van der Waals surface area contributed by atoms with Crippen molar-refractivity contribution in [1.29, 1.82) is 0 Å². The molecule has 26 heavy (non-hydrogen) atoms. The normalized spacial score (nSPS) is 13.2. The summed E-state index contributed by atoms with van der Waals surface area (Å²) in [5, 5.41) is 11.4. The lowest BCUT2D eigenvalue weighted by atomic mass is 10.1. The van der Waals surface area contributed by atoms with Gasteiger partial charge >= 0.3 is 5.97 Å². The van der Waals surface area contributed by atoms with Crippen molar-refractivity contribution in [3.05, 3.63) is 54.1 Å². The number of carbonyl (C=O) groups is 1. The van der Waals surface area contributed by atoms with Gasteiger partial charge in [-0.1, -0.05) is 18.2 Å². The van der Waals surface area contributed by atoms with Crippen LogP contribution in [0.2, 0.25) is 0 Å².